The van der Waals surface area contributed by atoms with E-state index in [1.807, 2.05) is 18.2 Å². The number of benzene rings is 1. The molecule has 1 nitrogen and oxygen atoms in total. The van der Waals surface area contributed by atoms with E-state index in [0.717, 1.165) is 5.56 Å². The van der Waals surface area contributed by atoms with Crippen LogP contribution < -0.4 is 0 Å². The monoisotopic (exact) mass is 280 g/mol. The number of hydrogen-bond acceptors (Lipinski definition) is 1. The minimum Gasteiger partial charge on any atom is -0.281 e. The summed E-state index contributed by atoms with van der Waals surface area (Å²) in [6.45, 7) is 0. The maximum Gasteiger partial charge on any atom is 0.223 e. The Morgan fingerprint density at radius 2 is 2.08 bits per heavy atom. The topological polar surface area (TPSA) is 17.1 Å². The van der Waals surface area contributed by atoms with Gasteiger partial charge in [0, 0.05) is 16.3 Å². The summed E-state index contributed by atoms with van der Waals surface area (Å²) in [4.78, 5) is 10.5. The van der Waals surface area contributed by atoms with E-state index < -0.39 is 0 Å². The van der Waals surface area contributed by atoms with Crippen LogP contribution in [0.3, 0.4) is 0 Å². The molecule has 0 saturated heterocycles. The Morgan fingerprint density at radius 3 is 2.62 bits per heavy atom. The van der Waals surface area contributed by atoms with E-state index in [1.165, 1.54) is 0 Å². The van der Waals surface area contributed by atoms with Crippen molar-refractivity contribution in [3.8, 4) is 0 Å². The third-order valence-corrected chi connectivity index (χ3v) is 2.90. The molecule has 0 heterocycles. The highest BCUT2D eigenvalue weighted by molar-refractivity contribution is 9.09. The van der Waals surface area contributed by atoms with E-state index in [-0.39, 0.29) is 16.5 Å². The van der Waals surface area contributed by atoms with E-state index >= 15 is 0 Å². The first-order valence-electron chi connectivity index (χ1n) is 3.68. The largest absolute Gasteiger partial charge is 0.281 e. The number of carbonyl (C=O) groups is 1. The Bertz CT molecular complexity index is 314. The summed E-state index contributed by atoms with van der Waals surface area (Å²) in [5.41, 5.74) is 0.887. The first kappa shape index (κ1) is 11.0. The highest BCUT2D eigenvalue weighted by atomic mass is 79.9. The average molecular weight is 282 g/mol. The molecule has 1 atom stereocenters. The summed E-state index contributed by atoms with van der Waals surface area (Å²) < 4.78 is 0. The van der Waals surface area contributed by atoms with Crippen molar-refractivity contribution in [2.75, 3.05) is 0 Å². The number of alkyl halides is 1. The molecule has 0 bridgehead atoms. The highest BCUT2D eigenvalue weighted by Gasteiger charge is 2.13. The second kappa shape index (κ2) is 4.99. The van der Waals surface area contributed by atoms with Gasteiger partial charge in [0.25, 0.3) is 0 Å². The van der Waals surface area contributed by atoms with Crippen LogP contribution in [0.5, 0.6) is 0 Å². The molecular formula is C9H7BrCl2O. The van der Waals surface area contributed by atoms with Gasteiger partial charge in [0.2, 0.25) is 5.24 Å². The Morgan fingerprint density at radius 1 is 1.46 bits per heavy atom. The molecule has 0 N–H and O–H groups in total. The highest BCUT2D eigenvalue weighted by Crippen LogP contribution is 2.32. The SMILES string of the molecule is O=C(Cl)CC(Br)c1ccccc1Cl. The van der Waals surface area contributed by atoms with E-state index in [1.54, 1.807) is 6.07 Å². The van der Waals surface area contributed by atoms with Crippen molar-refractivity contribution in [1.82, 2.24) is 0 Å². The molecule has 0 aliphatic carbocycles. The van der Waals surface area contributed by atoms with Gasteiger partial charge in [-0.3, -0.25) is 4.79 Å². The smallest absolute Gasteiger partial charge is 0.223 e. The molecule has 0 saturated carbocycles. The minimum absolute atomic E-state index is 0.105. The second-order valence-electron chi connectivity index (χ2n) is 2.55. The molecule has 1 aromatic carbocycles. The Balaban J connectivity index is 2.82. The van der Waals surface area contributed by atoms with Crippen molar-refractivity contribution >= 4 is 44.4 Å². The van der Waals surface area contributed by atoms with Crippen molar-refractivity contribution in [2.45, 2.75) is 11.2 Å². The average Bonchev–Trinajstić information content (AvgIpc) is 2.03. The molecule has 1 unspecified atom stereocenters. The van der Waals surface area contributed by atoms with Crippen molar-refractivity contribution in [3.05, 3.63) is 34.9 Å². The van der Waals surface area contributed by atoms with Gasteiger partial charge >= 0.3 is 0 Å². The van der Waals surface area contributed by atoms with Gasteiger partial charge in [-0.05, 0) is 23.2 Å². The maximum atomic E-state index is 10.6. The molecule has 0 aliphatic rings. The van der Waals surface area contributed by atoms with Crippen LogP contribution in [-0.2, 0) is 4.79 Å². The first-order chi connectivity index (χ1) is 6.11. The lowest BCUT2D eigenvalue weighted by molar-refractivity contribution is -0.111. The second-order valence-corrected chi connectivity index (χ2v) is 4.48. The minimum atomic E-state index is -0.373. The van der Waals surface area contributed by atoms with E-state index in [4.69, 9.17) is 23.2 Å². The summed E-state index contributed by atoms with van der Waals surface area (Å²) in [6.07, 6.45) is 0.241. The summed E-state index contributed by atoms with van der Waals surface area (Å²) >= 11 is 14.5. The summed E-state index contributed by atoms with van der Waals surface area (Å²) in [5, 5.41) is 0.268. The fourth-order valence-electron chi connectivity index (χ4n) is 0.980. The Labute approximate surface area is 95.2 Å². The first-order valence-corrected chi connectivity index (χ1v) is 5.35. The standard InChI is InChI=1S/C9H7BrCl2O/c10-7(5-9(12)13)6-3-1-2-4-8(6)11/h1-4,7H,5H2. The molecule has 0 fully saturated rings. The molecule has 0 spiro atoms. The molecule has 0 amide bonds. The maximum absolute atomic E-state index is 10.6. The predicted molar refractivity (Wildman–Crippen MR) is 58.6 cm³/mol. The van der Waals surface area contributed by atoms with Gasteiger partial charge in [-0.25, -0.2) is 0 Å². The van der Waals surface area contributed by atoms with Crippen LogP contribution in [0.2, 0.25) is 5.02 Å². The third kappa shape index (κ3) is 3.29. The van der Waals surface area contributed by atoms with Gasteiger partial charge in [0.1, 0.15) is 0 Å². The van der Waals surface area contributed by atoms with Crippen LogP contribution >= 0.6 is 39.1 Å². The lowest BCUT2D eigenvalue weighted by atomic mass is 10.1. The molecule has 0 aliphatic heterocycles. The third-order valence-electron chi connectivity index (χ3n) is 1.58. The van der Waals surface area contributed by atoms with Crippen LogP contribution in [0.25, 0.3) is 0 Å². The van der Waals surface area contributed by atoms with Crippen molar-refractivity contribution < 1.29 is 4.79 Å². The van der Waals surface area contributed by atoms with Gasteiger partial charge in [-0.2, -0.15) is 0 Å². The number of rotatable bonds is 3. The Hall–Kier alpha value is -0.0500. The summed E-state index contributed by atoms with van der Waals surface area (Å²) in [5.74, 6) is 0. The van der Waals surface area contributed by atoms with Gasteiger partial charge in [0.05, 0.1) is 0 Å². The molecule has 0 radical (unpaired) electrons. The lowest BCUT2D eigenvalue weighted by Crippen LogP contribution is -1.96. The van der Waals surface area contributed by atoms with Crippen LogP contribution in [0.1, 0.15) is 16.8 Å². The molecule has 1 aromatic rings. The van der Waals surface area contributed by atoms with Gasteiger partial charge in [-0.15, -0.1) is 0 Å². The van der Waals surface area contributed by atoms with Crippen molar-refractivity contribution in [1.29, 1.82) is 0 Å². The summed E-state index contributed by atoms with van der Waals surface area (Å²) in [7, 11) is 0. The molecular weight excluding hydrogens is 275 g/mol. The fraction of sp³-hybridized carbons (Fsp3) is 0.222. The molecule has 1 rings (SSSR count). The molecule has 4 heteroatoms. The molecule has 13 heavy (non-hydrogen) atoms. The summed E-state index contributed by atoms with van der Waals surface area (Å²) in [6, 6.07) is 7.35. The zero-order valence-electron chi connectivity index (χ0n) is 6.64. The van der Waals surface area contributed by atoms with Gasteiger partial charge < -0.3 is 0 Å². The zero-order valence-corrected chi connectivity index (χ0v) is 9.73. The van der Waals surface area contributed by atoms with E-state index in [2.05, 4.69) is 15.9 Å². The van der Waals surface area contributed by atoms with Gasteiger partial charge in [0.15, 0.2) is 0 Å². The number of carbonyl (C=O) groups excluding carboxylic acids is 1. The van der Waals surface area contributed by atoms with Crippen LogP contribution in [0, 0.1) is 0 Å². The quantitative estimate of drug-likeness (QED) is 0.606. The van der Waals surface area contributed by atoms with Crippen LogP contribution in [0.15, 0.2) is 24.3 Å². The van der Waals surface area contributed by atoms with Crippen molar-refractivity contribution in [3.63, 3.8) is 0 Å². The predicted octanol–water partition coefficient (Wildman–Crippen LogP) is 3.93. The normalized spacial score (nSPS) is 12.5. The van der Waals surface area contributed by atoms with Gasteiger partial charge in [-0.1, -0.05) is 45.7 Å². The molecule has 0 aromatic heterocycles. The van der Waals surface area contributed by atoms with Crippen LogP contribution in [0.4, 0.5) is 0 Å². The fourth-order valence-corrected chi connectivity index (χ4v) is 2.41. The molecule has 70 valence electrons. The Kier molecular flexibility index (Phi) is 4.23. The van der Waals surface area contributed by atoms with E-state index in [0.29, 0.717) is 5.02 Å². The van der Waals surface area contributed by atoms with Crippen LogP contribution in [-0.4, -0.2) is 5.24 Å². The zero-order chi connectivity index (χ0) is 9.84. The van der Waals surface area contributed by atoms with Crippen molar-refractivity contribution in [2.24, 2.45) is 0 Å². The number of hydrogen-bond donors (Lipinski definition) is 0. The lowest BCUT2D eigenvalue weighted by Gasteiger charge is -2.08. The van der Waals surface area contributed by atoms with E-state index in [9.17, 15) is 4.79 Å². The number of halogens is 3.